The minimum Gasteiger partial charge on any atom is -0.361 e. The average Bonchev–Trinajstić information content (AvgIpc) is 2.88. The van der Waals surface area contributed by atoms with Gasteiger partial charge in [0.25, 0.3) is 0 Å². The molecule has 4 heteroatoms. The third kappa shape index (κ3) is 4.10. The van der Waals surface area contributed by atoms with Crippen molar-refractivity contribution in [1.82, 2.24) is 15.6 Å². The summed E-state index contributed by atoms with van der Waals surface area (Å²) in [6.07, 6.45) is 3.46. The Labute approximate surface area is 113 Å². The summed E-state index contributed by atoms with van der Waals surface area (Å²) in [5.41, 5.74) is 2.39. The van der Waals surface area contributed by atoms with Crippen LogP contribution in [0.3, 0.4) is 0 Å². The Morgan fingerprint density at radius 1 is 1.26 bits per heavy atom. The van der Waals surface area contributed by atoms with Gasteiger partial charge in [-0.2, -0.15) is 0 Å². The summed E-state index contributed by atoms with van der Waals surface area (Å²) in [4.78, 5) is 14.6. The molecule has 0 spiro atoms. The maximum atomic E-state index is 11.4. The zero-order valence-electron chi connectivity index (χ0n) is 11.3. The molecule has 19 heavy (non-hydrogen) atoms. The van der Waals surface area contributed by atoms with Gasteiger partial charge in [0.05, 0.1) is 0 Å². The maximum absolute atomic E-state index is 11.4. The molecule has 0 atom stereocenters. The molecule has 0 aliphatic heterocycles. The molecule has 0 radical (unpaired) electrons. The number of amides is 1. The molecule has 1 aromatic carbocycles. The van der Waals surface area contributed by atoms with Crippen molar-refractivity contribution < 1.29 is 4.79 Å². The molecular weight excluding hydrogens is 238 g/mol. The van der Waals surface area contributed by atoms with Crippen LogP contribution >= 0.6 is 0 Å². The third-order valence-electron chi connectivity index (χ3n) is 3.05. The van der Waals surface area contributed by atoms with Gasteiger partial charge in [0.1, 0.15) is 0 Å². The van der Waals surface area contributed by atoms with Crippen LogP contribution in [0, 0.1) is 0 Å². The quantitative estimate of drug-likeness (QED) is 0.667. The lowest BCUT2D eigenvalue weighted by atomic mass is 10.1. The highest BCUT2D eigenvalue weighted by Crippen LogP contribution is 2.13. The smallest absolute Gasteiger partial charge is 0.221 e. The maximum Gasteiger partial charge on any atom is 0.221 e. The SMILES string of the molecule is CCCNC(=O)CCNCc1ccc2[nH]ccc2c1. The van der Waals surface area contributed by atoms with E-state index in [4.69, 9.17) is 0 Å². The van der Waals surface area contributed by atoms with Crippen LogP contribution in [0.4, 0.5) is 0 Å². The van der Waals surface area contributed by atoms with Crippen LogP contribution in [0.1, 0.15) is 25.3 Å². The molecule has 2 aromatic rings. The van der Waals surface area contributed by atoms with E-state index in [1.807, 2.05) is 6.20 Å². The van der Waals surface area contributed by atoms with Crippen LogP contribution < -0.4 is 10.6 Å². The van der Waals surface area contributed by atoms with E-state index in [2.05, 4.69) is 46.8 Å². The first kappa shape index (κ1) is 13.6. The lowest BCUT2D eigenvalue weighted by molar-refractivity contribution is -0.120. The molecule has 0 unspecified atom stereocenters. The van der Waals surface area contributed by atoms with Gasteiger partial charge >= 0.3 is 0 Å². The number of carbonyl (C=O) groups is 1. The second kappa shape index (κ2) is 6.95. The number of H-pyrrole nitrogens is 1. The van der Waals surface area contributed by atoms with E-state index in [-0.39, 0.29) is 5.91 Å². The number of aromatic nitrogens is 1. The number of hydrogen-bond acceptors (Lipinski definition) is 2. The van der Waals surface area contributed by atoms with Gasteiger partial charge in [-0.25, -0.2) is 0 Å². The number of fused-ring (bicyclic) bond motifs is 1. The standard InChI is InChI=1S/C15H21N3O/c1-2-7-18-15(19)6-8-16-11-12-3-4-14-13(10-12)5-9-17-14/h3-5,9-10,16-17H,2,6-8,11H2,1H3,(H,18,19). The van der Waals surface area contributed by atoms with Gasteiger partial charge in [-0.15, -0.1) is 0 Å². The molecule has 0 aliphatic carbocycles. The van der Waals surface area contributed by atoms with Crippen LogP contribution in [-0.4, -0.2) is 24.0 Å². The van der Waals surface area contributed by atoms with Crippen molar-refractivity contribution in [2.45, 2.75) is 26.3 Å². The van der Waals surface area contributed by atoms with E-state index in [1.54, 1.807) is 0 Å². The average molecular weight is 259 g/mol. The largest absolute Gasteiger partial charge is 0.361 e. The first-order valence-corrected chi connectivity index (χ1v) is 6.83. The van der Waals surface area contributed by atoms with E-state index in [0.29, 0.717) is 13.0 Å². The molecule has 1 heterocycles. The van der Waals surface area contributed by atoms with Gasteiger partial charge in [-0.1, -0.05) is 13.0 Å². The minimum atomic E-state index is 0.121. The van der Waals surface area contributed by atoms with Gasteiger partial charge in [0, 0.05) is 37.8 Å². The summed E-state index contributed by atoms with van der Waals surface area (Å²) in [6, 6.07) is 8.41. The molecule has 1 amide bonds. The summed E-state index contributed by atoms with van der Waals surface area (Å²) in [5, 5.41) is 7.39. The Bertz CT molecular complexity index is 533. The Morgan fingerprint density at radius 2 is 2.16 bits per heavy atom. The van der Waals surface area contributed by atoms with Crippen LogP contribution in [0.15, 0.2) is 30.5 Å². The topological polar surface area (TPSA) is 56.9 Å². The van der Waals surface area contributed by atoms with Crippen molar-refractivity contribution in [3.63, 3.8) is 0 Å². The zero-order valence-corrected chi connectivity index (χ0v) is 11.3. The molecule has 0 bridgehead atoms. The number of nitrogens with one attached hydrogen (secondary N) is 3. The molecule has 0 saturated carbocycles. The molecular formula is C15H21N3O. The first-order chi connectivity index (χ1) is 9.29. The molecule has 0 fully saturated rings. The van der Waals surface area contributed by atoms with Crippen LogP contribution in [0.25, 0.3) is 10.9 Å². The molecule has 0 aliphatic rings. The summed E-state index contributed by atoms with van der Waals surface area (Å²) >= 11 is 0. The fourth-order valence-corrected chi connectivity index (χ4v) is 2.00. The summed E-state index contributed by atoms with van der Waals surface area (Å²) in [6.45, 7) is 4.32. The molecule has 4 nitrogen and oxygen atoms in total. The predicted molar refractivity (Wildman–Crippen MR) is 77.9 cm³/mol. The highest BCUT2D eigenvalue weighted by atomic mass is 16.1. The number of hydrogen-bond donors (Lipinski definition) is 3. The van der Waals surface area contributed by atoms with Gasteiger partial charge < -0.3 is 15.6 Å². The third-order valence-corrected chi connectivity index (χ3v) is 3.05. The van der Waals surface area contributed by atoms with E-state index >= 15 is 0 Å². The van der Waals surface area contributed by atoms with Crippen molar-refractivity contribution in [3.05, 3.63) is 36.0 Å². The second-order valence-corrected chi connectivity index (χ2v) is 4.68. The Kier molecular flexibility index (Phi) is 4.98. The Hall–Kier alpha value is -1.81. The van der Waals surface area contributed by atoms with E-state index in [1.165, 1.54) is 10.9 Å². The normalized spacial score (nSPS) is 10.8. The van der Waals surface area contributed by atoms with Crippen LogP contribution in [0.2, 0.25) is 0 Å². The molecule has 0 saturated heterocycles. The Balaban J connectivity index is 1.72. The van der Waals surface area contributed by atoms with Crippen molar-refractivity contribution in [1.29, 1.82) is 0 Å². The summed E-state index contributed by atoms with van der Waals surface area (Å²) in [7, 11) is 0. The first-order valence-electron chi connectivity index (χ1n) is 6.83. The molecule has 3 N–H and O–H groups in total. The van der Waals surface area contributed by atoms with E-state index in [0.717, 1.165) is 25.0 Å². The highest BCUT2D eigenvalue weighted by molar-refractivity contribution is 5.79. The Morgan fingerprint density at radius 3 is 3.00 bits per heavy atom. The van der Waals surface area contributed by atoms with Crippen molar-refractivity contribution in [2.24, 2.45) is 0 Å². The van der Waals surface area contributed by atoms with Crippen LogP contribution in [-0.2, 0) is 11.3 Å². The summed E-state index contributed by atoms with van der Waals surface area (Å²) < 4.78 is 0. The van der Waals surface area contributed by atoms with Crippen molar-refractivity contribution in [2.75, 3.05) is 13.1 Å². The number of carbonyl (C=O) groups excluding carboxylic acids is 1. The number of benzene rings is 1. The van der Waals surface area contributed by atoms with Crippen LogP contribution in [0.5, 0.6) is 0 Å². The number of rotatable bonds is 7. The van der Waals surface area contributed by atoms with Gasteiger partial charge in [0.2, 0.25) is 5.91 Å². The lowest BCUT2D eigenvalue weighted by Gasteiger charge is -2.06. The lowest BCUT2D eigenvalue weighted by Crippen LogP contribution is -2.27. The van der Waals surface area contributed by atoms with Gasteiger partial charge in [-0.3, -0.25) is 4.79 Å². The molecule has 2 rings (SSSR count). The monoisotopic (exact) mass is 259 g/mol. The number of aromatic amines is 1. The fourth-order valence-electron chi connectivity index (χ4n) is 2.00. The molecule has 1 aromatic heterocycles. The van der Waals surface area contributed by atoms with Crippen molar-refractivity contribution in [3.8, 4) is 0 Å². The molecule has 102 valence electrons. The van der Waals surface area contributed by atoms with E-state index in [9.17, 15) is 4.79 Å². The van der Waals surface area contributed by atoms with Gasteiger partial charge in [0.15, 0.2) is 0 Å². The second-order valence-electron chi connectivity index (χ2n) is 4.68. The zero-order chi connectivity index (χ0) is 13.5. The van der Waals surface area contributed by atoms with E-state index < -0.39 is 0 Å². The minimum absolute atomic E-state index is 0.121. The highest BCUT2D eigenvalue weighted by Gasteiger charge is 2.00. The van der Waals surface area contributed by atoms with Gasteiger partial charge in [-0.05, 0) is 35.6 Å². The summed E-state index contributed by atoms with van der Waals surface area (Å²) in [5.74, 6) is 0.121. The predicted octanol–water partition coefficient (Wildman–Crippen LogP) is 2.17. The van der Waals surface area contributed by atoms with Crippen molar-refractivity contribution >= 4 is 16.8 Å². The fraction of sp³-hybridized carbons (Fsp3) is 0.400.